The molecule has 2 fully saturated rings. The van der Waals surface area contributed by atoms with Crippen molar-refractivity contribution in [2.24, 2.45) is 0 Å². The fraction of sp³-hybridized carbons (Fsp3) is 0.650. The van der Waals surface area contributed by atoms with E-state index in [9.17, 15) is 0 Å². The molecule has 3 aliphatic heterocycles. The number of piperidine rings is 1. The van der Waals surface area contributed by atoms with Gasteiger partial charge in [-0.2, -0.15) is 5.26 Å². The molecule has 2 saturated heterocycles. The first-order valence-corrected chi connectivity index (χ1v) is 9.30. The quantitative estimate of drug-likeness (QED) is 0.784. The van der Waals surface area contributed by atoms with Crippen molar-refractivity contribution in [1.29, 1.82) is 5.26 Å². The Balaban J connectivity index is 1.53. The predicted octanol–water partition coefficient (Wildman–Crippen LogP) is 2.54. The van der Waals surface area contributed by atoms with Gasteiger partial charge in [0.1, 0.15) is 0 Å². The van der Waals surface area contributed by atoms with Crippen molar-refractivity contribution < 1.29 is 4.74 Å². The second-order valence-corrected chi connectivity index (χ2v) is 7.62. The van der Waals surface area contributed by atoms with Crippen LogP contribution in [0.15, 0.2) is 24.3 Å². The van der Waals surface area contributed by atoms with Crippen LogP contribution in [0.3, 0.4) is 0 Å². The van der Waals surface area contributed by atoms with Crippen molar-refractivity contribution in [3.8, 4) is 6.07 Å². The van der Waals surface area contributed by atoms with Crippen LogP contribution in [0.4, 0.5) is 0 Å². The van der Waals surface area contributed by atoms with E-state index in [1.807, 2.05) is 0 Å². The summed E-state index contributed by atoms with van der Waals surface area (Å²) in [5.41, 5.74) is 3.22. The summed E-state index contributed by atoms with van der Waals surface area (Å²) in [6.45, 7) is 6.71. The van der Waals surface area contributed by atoms with E-state index in [0.29, 0.717) is 12.6 Å². The fourth-order valence-electron chi connectivity index (χ4n) is 4.99. The van der Waals surface area contributed by atoms with Crippen LogP contribution < -0.4 is 0 Å². The molecule has 128 valence electrons. The van der Waals surface area contributed by atoms with Crippen LogP contribution in [-0.2, 0) is 16.7 Å². The van der Waals surface area contributed by atoms with Crippen LogP contribution in [0.25, 0.3) is 0 Å². The minimum atomic E-state index is 0.243. The first-order chi connectivity index (χ1) is 11.8. The minimum Gasteiger partial charge on any atom is -0.381 e. The van der Waals surface area contributed by atoms with Crippen LogP contribution in [0, 0.1) is 11.3 Å². The van der Waals surface area contributed by atoms with Gasteiger partial charge in [0.15, 0.2) is 0 Å². The molecule has 0 unspecified atom stereocenters. The molecule has 1 spiro atoms. The Bertz CT molecular complexity index is 610. The van der Waals surface area contributed by atoms with E-state index in [4.69, 9.17) is 10.00 Å². The summed E-state index contributed by atoms with van der Waals surface area (Å²) in [5.74, 6) is 0. The lowest BCUT2D eigenvalue weighted by Gasteiger charge is -2.50. The molecule has 1 aromatic rings. The van der Waals surface area contributed by atoms with Gasteiger partial charge in [0.2, 0.25) is 0 Å². The monoisotopic (exact) mass is 325 g/mol. The number of hydrogen-bond acceptors (Lipinski definition) is 4. The van der Waals surface area contributed by atoms with Crippen LogP contribution in [0.1, 0.15) is 36.8 Å². The molecule has 4 nitrogen and oxygen atoms in total. The summed E-state index contributed by atoms with van der Waals surface area (Å²) >= 11 is 0. The van der Waals surface area contributed by atoms with Gasteiger partial charge in [-0.1, -0.05) is 24.3 Å². The maximum atomic E-state index is 9.15. The van der Waals surface area contributed by atoms with E-state index >= 15 is 0 Å². The zero-order valence-electron chi connectivity index (χ0n) is 14.4. The second kappa shape index (κ2) is 6.84. The van der Waals surface area contributed by atoms with Crippen LogP contribution in [0.5, 0.6) is 0 Å². The summed E-state index contributed by atoms with van der Waals surface area (Å²) in [7, 11) is 0. The van der Waals surface area contributed by atoms with Crippen molar-refractivity contribution in [2.45, 2.75) is 43.7 Å². The van der Waals surface area contributed by atoms with Crippen LogP contribution in [-0.4, -0.2) is 55.2 Å². The van der Waals surface area contributed by atoms with Gasteiger partial charge in [0, 0.05) is 37.8 Å². The van der Waals surface area contributed by atoms with Gasteiger partial charge >= 0.3 is 0 Å². The molecule has 0 radical (unpaired) electrons. The molecule has 1 aromatic carbocycles. The smallest absolute Gasteiger partial charge is 0.0869 e. The first kappa shape index (κ1) is 16.1. The number of nitriles is 1. The lowest BCUT2D eigenvalue weighted by molar-refractivity contribution is 0.0109. The summed E-state index contributed by atoms with van der Waals surface area (Å²) in [6, 6.07) is 12.0. The Morgan fingerprint density at radius 3 is 2.67 bits per heavy atom. The number of hydrogen-bond donors (Lipinski definition) is 0. The summed E-state index contributed by atoms with van der Waals surface area (Å²) in [4.78, 5) is 5.03. The van der Waals surface area contributed by atoms with Crippen molar-refractivity contribution in [2.75, 3.05) is 39.4 Å². The molecule has 0 aliphatic carbocycles. The van der Waals surface area contributed by atoms with Gasteiger partial charge in [-0.25, -0.2) is 0 Å². The second-order valence-electron chi connectivity index (χ2n) is 7.62. The summed E-state index contributed by atoms with van der Waals surface area (Å²) in [5, 5.41) is 9.15. The molecular weight excluding hydrogens is 298 g/mol. The Labute approximate surface area is 145 Å². The van der Waals surface area contributed by atoms with Gasteiger partial charge in [0.25, 0.3) is 0 Å². The van der Waals surface area contributed by atoms with Gasteiger partial charge in [0.05, 0.1) is 12.6 Å². The summed E-state index contributed by atoms with van der Waals surface area (Å²) < 4.78 is 5.52. The topological polar surface area (TPSA) is 39.5 Å². The number of ether oxygens (including phenoxy) is 1. The number of rotatable bonds is 2. The Kier molecular flexibility index (Phi) is 4.58. The normalized spacial score (nSPS) is 25.3. The lowest BCUT2D eigenvalue weighted by Crippen LogP contribution is -2.54. The molecule has 0 aromatic heterocycles. The van der Waals surface area contributed by atoms with Crippen molar-refractivity contribution in [1.82, 2.24) is 9.80 Å². The molecule has 0 saturated carbocycles. The standard InChI is InChI=1S/C20H27N3O/c21-9-12-22-15-17-3-1-2-4-19(17)20(16-22)7-10-23(11-8-20)18-5-13-24-14-6-18/h1-4,18H,5-8,10-16H2. The highest BCUT2D eigenvalue weighted by molar-refractivity contribution is 5.38. The van der Waals surface area contributed by atoms with E-state index < -0.39 is 0 Å². The minimum absolute atomic E-state index is 0.243. The highest BCUT2D eigenvalue weighted by Gasteiger charge is 2.42. The average Bonchev–Trinajstić information content (AvgIpc) is 2.64. The Hall–Kier alpha value is -1.41. The third-order valence-corrected chi connectivity index (χ3v) is 6.27. The van der Waals surface area contributed by atoms with Gasteiger partial charge in [-0.3, -0.25) is 4.90 Å². The molecule has 3 aliphatic rings. The van der Waals surface area contributed by atoms with Crippen LogP contribution >= 0.6 is 0 Å². The van der Waals surface area contributed by atoms with Gasteiger partial charge in [-0.05, 0) is 49.9 Å². The fourth-order valence-corrected chi connectivity index (χ4v) is 4.99. The third-order valence-electron chi connectivity index (χ3n) is 6.27. The lowest BCUT2D eigenvalue weighted by atomic mass is 9.68. The molecule has 4 rings (SSSR count). The SMILES string of the molecule is N#CCN1Cc2ccccc2C2(CCN(C3CCOCC3)CC2)C1. The molecule has 0 atom stereocenters. The zero-order valence-corrected chi connectivity index (χ0v) is 14.4. The van der Waals surface area contributed by atoms with E-state index in [1.165, 1.54) is 44.3 Å². The number of nitrogens with zero attached hydrogens (tertiary/aromatic N) is 3. The van der Waals surface area contributed by atoms with E-state index in [1.54, 1.807) is 5.56 Å². The zero-order chi connectivity index (χ0) is 16.4. The summed E-state index contributed by atoms with van der Waals surface area (Å²) in [6.07, 6.45) is 4.79. The Morgan fingerprint density at radius 1 is 1.17 bits per heavy atom. The Morgan fingerprint density at radius 2 is 1.92 bits per heavy atom. The maximum absolute atomic E-state index is 9.15. The molecular formula is C20H27N3O. The molecule has 0 amide bonds. The highest BCUT2D eigenvalue weighted by Crippen LogP contribution is 2.42. The predicted molar refractivity (Wildman–Crippen MR) is 93.7 cm³/mol. The molecule has 0 N–H and O–H groups in total. The number of likely N-dealkylation sites (tertiary alicyclic amines) is 1. The number of benzene rings is 1. The third kappa shape index (κ3) is 2.97. The largest absolute Gasteiger partial charge is 0.381 e. The van der Waals surface area contributed by atoms with E-state index in [-0.39, 0.29) is 5.41 Å². The van der Waals surface area contributed by atoms with Gasteiger partial charge < -0.3 is 9.64 Å². The maximum Gasteiger partial charge on any atom is 0.0869 e. The van der Waals surface area contributed by atoms with E-state index in [0.717, 1.165) is 26.3 Å². The number of fused-ring (bicyclic) bond motifs is 2. The first-order valence-electron chi connectivity index (χ1n) is 9.30. The van der Waals surface area contributed by atoms with Crippen molar-refractivity contribution >= 4 is 0 Å². The molecule has 4 heteroatoms. The molecule has 3 heterocycles. The van der Waals surface area contributed by atoms with Gasteiger partial charge in [-0.15, -0.1) is 0 Å². The molecule has 0 bridgehead atoms. The van der Waals surface area contributed by atoms with E-state index in [2.05, 4.69) is 40.1 Å². The van der Waals surface area contributed by atoms with Crippen molar-refractivity contribution in [3.63, 3.8) is 0 Å². The average molecular weight is 325 g/mol. The highest BCUT2D eigenvalue weighted by atomic mass is 16.5. The van der Waals surface area contributed by atoms with Crippen molar-refractivity contribution in [3.05, 3.63) is 35.4 Å². The van der Waals surface area contributed by atoms with Crippen LogP contribution in [0.2, 0.25) is 0 Å². The molecule has 24 heavy (non-hydrogen) atoms.